The molecule has 3 N–H and O–H groups in total. The average Bonchev–Trinajstić information content (AvgIpc) is 3.77. The van der Waals surface area contributed by atoms with E-state index in [9.17, 15) is 4.79 Å². The van der Waals surface area contributed by atoms with E-state index in [0.29, 0.717) is 23.9 Å². The SMILES string of the molecule is C\C=C/C(=C\C(C(=O)OCCCC)=C(/N)Nc1ccc2c(c1)C=CN(Cc1ccc(OC)cc1)C2)C1CC1. The molecule has 1 saturated carbocycles. The first-order valence-corrected chi connectivity index (χ1v) is 13.5. The molecule has 6 nitrogen and oxygen atoms in total. The Kier molecular flexibility index (Phi) is 9.30. The number of esters is 1. The Bertz CT molecular complexity index is 1240. The minimum atomic E-state index is -0.391. The maximum absolute atomic E-state index is 13.0. The molecular formula is C32H39N3O3. The predicted octanol–water partition coefficient (Wildman–Crippen LogP) is 6.52. The maximum atomic E-state index is 13.0. The van der Waals surface area contributed by atoms with Crippen LogP contribution in [-0.2, 0) is 22.6 Å². The monoisotopic (exact) mass is 513 g/mol. The van der Waals surface area contributed by atoms with Gasteiger partial charge in [0.05, 0.1) is 19.3 Å². The summed E-state index contributed by atoms with van der Waals surface area (Å²) in [6.45, 7) is 6.08. The molecule has 0 radical (unpaired) electrons. The maximum Gasteiger partial charge on any atom is 0.341 e. The minimum absolute atomic E-state index is 0.301. The molecule has 0 amide bonds. The van der Waals surface area contributed by atoms with Crippen LogP contribution in [0.1, 0.15) is 56.2 Å². The third-order valence-corrected chi connectivity index (χ3v) is 6.77. The smallest absolute Gasteiger partial charge is 0.341 e. The van der Waals surface area contributed by atoms with Crippen LogP contribution >= 0.6 is 0 Å². The Morgan fingerprint density at radius 2 is 1.97 bits per heavy atom. The second kappa shape index (κ2) is 13.0. The van der Waals surface area contributed by atoms with Crippen molar-refractivity contribution in [2.75, 3.05) is 19.0 Å². The van der Waals surface area contributed by atoms with Gasteiger partial charge in [-0.3, -0.25) is 0 Å². The summed E-state index contributed by atoms with van der Waals surface area (Å²) in [6.07, 6.45) is 14.2. The Hall–Kier alpha value is -3.93. The molecule has 1 heterocycles. The Labute approximate surface area is 226 Å². The summed E-state index contributed by atoms with van der Waals surface area (Å²) >= 11 is 0. The van der Waals surface area contributed by atoms with Crippen molar-refractivity contribution in [3.63, 3.8) is 0 Å². The zero-order chi connectivity index (χ0) is 26.9. The molecule has 2 aliphatic rings. The summed E-state index contributed by atoms with van der Waals surface area (Å²) in [5.74, 6) is 1.25. The molecule has 2 aromatic carbocycles. The van der Waals surface area contributed by atoms with Gasteiger partial charge in [0.1, 0.15) is 11.6 Å². The molecule has 2 aromatic rings. The normalized spacial score (nSPS) is 15.8. The van der Waals surface area contributed by atoms with E-state index in [1.807, 2.05) is 37.3 Å². The number of rotatable bonds is 12. The number of hydrogen-bond donors (Lipinski definition) is 2. The van der Waals surface area contributed by atoms with Crippen molar-refractivity contribution in [3.8, 4) is 5.75 Å². The highest BCUT2D eigenvalue weighted by Gasteiger charge is 2.26. The number of benzene rings is 2. The van der Waals surface area contributed by atoms with Gasteiger partial charge in [-0.05, 0) is 90.8 Å². The number of ether oxygens (including phenoxy) is 2. The topological polar surface area (TPSA) is 76.8 Å². The molecule has 4 rings (SSSR count). The van der Waals surface area contributed by atoms with Gasteiger partial charge in [-0.2, -0.15) is 0 Å². The number of nitrogens with zero attached hydrogens (tertiary/aromatic N) is 1. The van der Waals surface area contributed by atoms with Gasteiger partial charge in [0, 0.05) is 25.0 Å². The quantitative estimate of drug-likeness (QED) is 0.146. The minimum Gasteiger partial charge on any atom is -0.497 e. The Balaban J connectivity index is 1.50. The molecule has 1 aliphatic heterocycles. The number of carbonyl (C=O) groups excluding carboxylic acids is 1. The van der Waals surface area contributed by atoms with Gasteiger partial charge >= 0.3 is 5.97 Å². The first-order valence-electron chi connectivity index (χ1n) is 13.5. The van der Waals surface area contributed by atoms with Gasteiger partial charge < -0.3 is 25.4 Å². The summed E-state index contributed by atoms with van der Waals surface area (Å²) in [6, 6.07) is 14.3. The van der Waals surface area contributed by atoms with Gasteiger partial charge in [-0.1, -0.05) is 43.7 Å². The van der Waals surface area contributed by atoms with Gasteiger partial charge in [-0.25, -0.2) is 4.79 Å². The van der Waals surface area contributed by atoms with Crippen LogP contribution in [0.25, 0.3) is 6.08 Å². The summed E-state index contributed by atoms with van der Waals surface area (Å²) < 4.78 is 10.8. The molecule has 6 heteroatoms. The fourth-order valence-electron chi connectivity index (χ4n) is 4.44. The first kappa shape index (κ1) is 27.1. The van der Waals surface area contributed by atoms with Crippen LogP contribution in [0.5, 0.6) is 5.75 Å². The van der Waals surface area contributed by atoms with Crippen molar-refractivity contribution in [2.45, 2.75) is 52.6 Å². The fourth-order valence-corrected chi connectivity index (χ4v) is 4.44. The second-order valence-corrected chi connectivity index (χ2v) is 9.84. The van der Waals surface area contributed by atoms with Crippen molar-refractivity contribution in [3.05, 3.63) is 101 Å². The largest absolute Gasteiger partial charge is 0.497 e. The molecule has 38 heavy (non-hydrogen) atoms. The third-order valence-electron chi connectivity index (χ3n) is 6.77. The summed E-state index contributed by atoms with van der Waals surface area (Å²) in [5, 5.41) is 3.26. The van der Waals surface area contributed by atoms with E-state index in [4.69, 9.17) is 15.2 Å². The van der Waals surface area contributed by atoms with Crippen LogP contribution in [-0.4, -0.2) is 24.6 Å². The summed E-state index contributed by atoms with van der Waals surface area (Å²) in [5.41, 5.74) is 12.4. The van der Waals surface area contributed by atoms with Crippen LogP contribution in [0.3, 0.4) is 0 Å². The van der Waals surface area contributed by atoms with Crippen LogP contribution in [0.2, 0.25) is 0 Å². The highest BCUT2D eigenvalue weighted by molar-refractivity contribution is 5.93. The van der Waals surface area contributed by atoms with Crippen LogP contribution in [0.15, 0.2) is 83.9 Å². The molecule has 200 valence electrons. The van der Waals surface area contributed by atoms with E-state index in [1.54, 1.807) is 7.11 Å². The van der Waals surface area contributed by atoms with E-state index < -0.39 is 5.97 Å². The van der Waals surface area contributed by atoms with E-state index in [0.717, 1.165) is 61.3 Å². The van der Waals surface area contributed by atoms with E-state index in [1.165, 1.54) is 11.1 Å². The number of allylic oxidation sites excluding steroid dienone is 3. The summed E-state index contributed by atoms with van der Waals surface area (Å²) in [7, 11) is 1.68. The third kappa shape index (κ3) is 7.31. The molecule has 0 atom stereocenters. The first-order chi connectivity index (χ1) is 18.5. The van der Waals surface area contributed by atoms with Crippen molar-refractivity contribution in [2.24, 2.45) is 11.7 Å². The predicted molar refractivity (Wildman–Crippen MR) is 154 cm³/mol. The van der Waals surface area contributed by atoms with Crippen molar-refractivity contribution in [1.82, 2.24) is 4.90 Å². The van der Waals surface area contributed by atoms with Crippen LogP contribution in [0, 0.1) is 5.92 Å². The average molecular weight is 514 g/mol. The van der Waals surface area contributed by atoms with E-state index in [2.05, 4.69) is 59.8 Å². The highest BCUT2D eigenvalue weighted by Crippen LogP contribution is 2.38. The zero-order valence-corrected chi connectivity index (χ0v) is 22.7. The lowest BCUT2D eigenvalue weighted by molar-refractivity contribution is -0.138. The molecule has 0 aromatic heterocycles. The fraction of sp³-hybridized carbons (Fsp3) is 0.344. The Morgan fingerprint density at radius 3 is 2.66 bits per heavy atom. The lowest BCUT2D eigenvalue weighted by Gasteiger charge is -2.26. The molecular weight excluding hydrogens is 474 g/mol. The van der Waals surface area contributed by atoms with Gasteiger partial charge in [0.2, 0.25) is 0 Å². The van der Waals surface area contributed by atoms with Crippen molar-refractivity contribution >= 4 is 17.7 Å². The molecule has 0 spiro atoms. The van der Waals surface area contributed by atoms with Gasteiger partial charge in [0.25, 0.3) is 0 Å². The van der Waals surface area contributed by atoms with Crippen molar-refractivity contribution < 1.29 is 14.3 Å². The number of methoxy groups -OCH3 is 1. The molecule has 0 bridgehead atoms. The lowest BCUT2D eigenvalue weighted by atomic mass is 10.0. The highest BCUT2D eigenvalue weighted by atomic mass is 16.5. The van der Waals surface area contributed by atoms with Gasteiger partial charge in [0.15, 0.2) is 0 Å². The molecule has 0 saturated heterocycles. The van der Waals surface area contributed by atoms with Crippen LogP contribution in [0.4, 0.5) is 5.69 Å². The number of nitrogens with one attached hydrogen (secondary N) is 1. The number of carbonyl (C=O) groups is 1. The van der Waals surface area contributed by atoms with E-state index >= 15 is 0 Å². The molecule has 1 fully saturated rings. The lowest BCUT2D eigenvalue weighted by Crippen LogP contribution is -2.21. The number of fused-ring (bicyclic) bond motifs is 1. The van der Waals surface area contributed by atoms with Crippen molar-refractivity contribution in [1.29, 1.82) is 0 Å². The second-order valence-electron chi connectivity index (χ2n) is 9.84. The Morgan fingerprint density at radius 1 is 1.18 bits per heavy atom. The zero-order valence-electron chi connectivity index (χ0n) is 22.7. The number of anilines is 1. The number of nitrogens with two attached hydrogens (primary N) is 1. The molecule has 1 aliphatic carbocycles. The standard InChI is InChI=1S/C32H39N3O3/c1-4-6-18-38-32(36)30(20-25(7-5-2)24-10-11-24)31(33)34-28-13-12-27-22-35(17-16-26(27)19-28)21-23-8-14-29(37-3)15-9-23/h5,7-9,12-17,19-20,24,34H,4,6,10-11,18,21-22,33H2,1-3H3/b7-5-,25-20+,31-30-. The van der Waals surface area contributed by atoms with Gasteiger partial charge in [-0.15, -0.1) is 0 Å². The molecule has 0 unspecified atom stereocenters. The number of unbranched alkanes of at least 4 members (excludes halogenated alkanes) is 1. The summed E-state index contributed by atoms with van der Waals surface area (Å²) in [4.78, 5) is 15.3. The van der Waals surface area contributed by atoms with E-state index in [-0.39, 0.29) is 0 Å². The van der Waals surface area contributed by atoms with Crippen LogP contribution < -0.4 is 15.8 Å². The number of hydrogen-bond acceptors (Lipinski definition) is 6.